The number of hydrogen-bond acceptors (Lipinski definition) is 8. The zero-order valence-electron chi connectivity index (χ0n) is 9.95. The van der Waals surface area contributed by atoms with Crippen molar-refractivity contribution < 1.29 is 4.84 Å². The maximum Gasteiger partial charge on any atom is 0.226 e. The lowest BCUT2D eigenvalue weighted by atomic mass is 10.2. The summed E-state index contributed by atoms with van der Waals surface area (Å²) in [5, 5.41) is 0. The Kier molecular flexibility index (Phi) is 3.62. The molecule has 98 valence electrons. The third kappa shape index (κ3) is 3.46. The van der Waals surface area contributed by atoms with Crippen LogP contribution in [0.4, 0.5) is 17.8 Å². The van der Waals surface area contributed by atoms with Gasteiger partial charge in [0.25, 0.3) is 0 Å². The van der Waals surface area contributed by atoms with Crippen LogP contribution in [0.5, 0.6) is 5.75 Å². The molecule has 2 heterocycles. The lowest BCUT2D eigenvalue weighted by molar-refractivity contribution is 0.239. The van der Waals surface area contributed by atoms with Gasteiger partial charge in [0.05, 0.1) is 0 Å². The van der Waals surface area contributed by atoms with Crippen LogP contribution in [0.25, 0.3) is 6.08 Å². The Bertz CT molecular complexity index is 549. The van der Waals surface area contributed by atoms with Gasteiger partial charge in [-0.3, -0.25) is 0 Å². The average molecular weight is 259 g/mol. The molecule has 0 unspecified atom stereocenters. The first kappa shape index (κ1) is 12.4. The van der Waals surface area contributed by atoms with Gasteiger partial charge in [-0.15, -0.1) is 0 Å². The van der Waals surface area contributed by atoms with E-state index in [1.165, 1.54) is 0 Å². The first-order valence-electron chi connectivity index (χ1n) is 5.35. The molecule has 1 aliphatic rings. The second-order valence-corrected chi connectivity index (χ2v) is 3.50. The molecule has 0 bridgehead atoms. The molecule has 0 amide bonds. The van der Waals surface area contributed by atoms with E-state index in [9.17, 15) is 0 Å². The third-order valence-corrected chi connectivity index (χ3v) is 2.11. The fourth-order valence-corrected chi connectivity index (χ4v) is 1.36. The van der Waals surface area contributed by atoms with Crippen LogP contribution < -0.4 is 27.5 Å². The maximum absolute atomic E-state index is 5.14. The molecular weight excluding hydrogens is 246 g/mol. The Morgan fingerprint density at radius 1 is 0.895 bits per heavy atom. The summed E-state index contributed by atoms with van der Waals surface area (Å²) in [5.41, 5.74) is 19.2. The van der Waals surface area contributed by atoms with Crippen LogP contribution >= 0.6 is 0 Å². The quantitative estimate of drug-likeness (QED) is 0.525. The normalized spacial score (nSPS) is 11.4. The molecule has 1 aromatic carbocycles. The molecule has 1 aromatic heterocycles. The molecule has 8 nitrogen and oxygen atoms in total. The molecule has 0 atom stereocenters. The molecule has 0 radical (unpaired) electrons. The third-order valence-electron chi connectivity index (χ3n) is 2.11. The average Bonchev–Trinajstić information content (AvgIpc) is 2.38. The van der Waals surface area contributed by atoms with Crippen LogP contribution in [-0.4, -0.2) is 15.0 Å². The number of fused-ring (bicyclic) bond motifs is 1. The highest BCUT2D eigenvalue weighted by atomic mass is 16.6. The van der Waals surface area contributed by atoms with Gasteiger partial charge in [-0.1, -0.05) is 18.2 Å². The second kappa shape index (κ2) is 5.54. The number of nitrogen functional groups attached to an aromatic ring is 3. The van der Waals surface area contributed by atoms with Crippen molar-refractivity contribution in [1.82, 2.24) is 20.4 Å². The van der Waals surface area contributed by atoms with Crippen LogP contribution in [0.15, 0.2) is 30.5 Å². The summed E-state index contributed by atoms with van der Waals surface area (Å²) in [6, 6.07) is 7.86. The number of nitrogens with two attached hydrogens (primary N) is 3. The first-order chi connectivity index (χ1) is 9.15. The van der Waals surface area contributed by atoms with Crippen molar-refractivity contribution in [3.63, 3.8) is 0 Å². The van der Waals surface area contributed by atoms with Crippen molar-refractivity contribution in [3.8, 4) is 5.75 Å². The van der Waals surface area contributed by atoms with E-state index in [-0.39, 0.29) is 17.8 Å². The largest absolute Gasteiger partial charge is 0.382 e. The van der Waals surface area contributed by atoms with Crippen molar-refractivity contribution in [2.24, 2.45) is 0 Å². The number of aromatic nitrogens is 3. The highest BCUT2D eigenvalue weighted by molar-refractivity contribution is 5.57. The van der Waals surface area contributed by atoms with E-state index in [1.807, 2.05) is 30.3 Å². The van der Waals surface area contributed by atoms with Crippen LogP contribution in [0.2, 0.25) is 0 Å². The van der Waals surface area contributed by atoms with Crippen molar-refractivity contribution >= 4 is 23.9 Å². The topological polar surface area (TPSA) is 138 Å². The number of rotatable bonds is 0. The summed E-state index contributed by atoms with van der Waals surface area (Å²) >= 11 is 0. The Morgan fingerprint density at radius 3 is 2.05 bits per heavy atom. The van der Waals surface area contributed by atoms with Gasteiger partial charge in [-0.25, -0.2) is 5.48 Å². The van der Waals surface area contributed by atoms with Crippen molar-refractivity contribution in [2.75, 3.05) is 17.2 Å². The summed E-state index contributed by atoms with van der Waals surface area (Å²) in [5.74, 6) is 1.00. The van der Waals surface area contributed by atoms with Gasteiger partial charge in [-0.05, 0) is 12.1 Å². The minimum absolute atomic E-state index is 0.0417. The summed E-state index contributed by atoms with van der Waals surface area (Å²) < 4.78 is 0. The molecule has 0 saturated heterocycles. The van der Waals surface area contributed by atoms with Crippen LogP contribution in [-0.2, 0) is 0 Å². The Labute approximate surface area is 109 Å². The maximum atomic E-state index is 5.14. The van der Waals surface area contributed by atoms with Crippen molar-refractivity contribution in [2.45, 2.75) is 0 Å². The molecule has 7 N–H and O–H groups in total. The first-order valence-corrected chi connectivity index (χ1v) is 5.35. The molecule has 2 aromatic rings. The smallest absolute Gasteiger partial charge is 0.226 e. The number of nitrogens with one attached hydrogen (secondary N) is 1. The van der Waals surface area contributed by atoms with E-state index in [4.69, 9.17) is 22.0 Å². The number of benzene rings is 1. The Balaban J connectivity index is 0.000000141. The number of hydroxylamine groups is 1. The van der Waals surface area contributed by atoms with Crippen molar-refractivity contribution in [3.05, 3.63) is 36.0 Å². The second-order valence-electron chi connectivity index (χ2n) is 3.50. The van der Waals surface area contributed by atoms with E-state index in [2.05, 4.69) is 20.4 Å². The molecule has 0 fully saturated rings. The van der Waals surface area contributed by atoms with Gasteiger partial charge in [0.2, 0.25) is 17.8 Å². The van der Waals surface area contributed by atoms with E-state index in [1.54, 1.807) is 6.20 Å². The van der Waals surface area contributed by atoms with Crippen LogP contribution in [0.1, 0.15) is 5.56 Å². The van der Waals surface area contributed by atoms with Gasteiger partial charge in [0, 0.05) is 11.8 Å². The number of hydrogen-bond donors (Lipinski definition) is 4. The van der Waals surface area contributed by atoms with E-state index >= 15 is 0 Å². The Hall–Kier alpha value is -3.03. The van der Waals surface area contributed by atoms with Crippen LogP contribution in [0.3, 0.4) is 0 Å². The predicted molar refractivity (Wildman–Crippen MR) is 72.3 cm³/mol. The minimum atomic E-state index is 0.0417. The highest BCUT2D eigenvalue weighted by Crippen LogP contribution is 2.20. The van der Waals surface area contributed by atoms with Gasteiger partial charge in [0.1, 0.15) is 0 Å². The molecule has 0 saturated carbocycles. The minimum Gasteiger partial charge on any atom is -0.382 e. The summed E-state index contributed by atoms with van der Waals surface area (Å²) in [4.78, 5) is 15.5. The summed E-state index contributed by atoms with van der Waals surface area (Å²) in [7, 11) is 0. The lowest BCUT2D eigenvalue weighted by Gasteiger charge is -2.11. The van der Waals surface area contributed by atoms with Gasteiger partial charge in [0.15, 0.2) is 5.75 Å². The van der Waals surface area contributed by atoms with Crippen molar-refractivity contribution in [1.29, 1.82) is 0 Å². The van der Waals surface area contributed by atoms with E-state index in [0.29, 0.717) is 0 Å². The molecule has 1 aliphatic heterocycles. The predicted octanol–water partition coefficient (Wildman–Crippen LogP) is 0.172. The molecule has 0 spiro atoms. The number of anilines is 3. The number of nitrogens with zero attached hydrogens (tertiary/aromatic N) is 3. The molecule has 0 aliphatic carbocycles. The van der Waals surface area contributed by atoms with Crippen LogP contribution in [0, 0.1) is 0 Å². The zero-order valence-corrected chi connectivity index (χ0v) is 9.95. The molecule has 8 heteroatoms. The van der Waals surface area contributed by atoms with E-state index < -0.39 is 0 Å². The van der Waals surface area contributed by atoms with Gasteiger partial charge in [-0.2, -0.15) is 15.0 Å². The number of para-hydroxylation sites is 1. The molecular formula is C11H13N7O. The fraction of sp³-hybridized carbons (Fsp3) is 0. The van der Waals surface area contributed by atoms with E-state index in [0.717, 1.165) is 11.3 Å². The van der Waals surface area contributed by atoms with Gasteiger partial charge >= 0.3 is 0 Å². The SMILES string of the molecule is C1=Cc2ccccc2ON1.Nc1nc(N)nc(N)n1. The summed E-state index contributed by atoms with van der Waals surface area (Å²) in [6.07, 6.45) is 3.74. The fourth-order valence-electron chi connectivity index (χ4n) is 1.36. The summed E-state index contributed by atoms with van der Waals surface area (Å²) in [6.45, 7) is 0. The standard InChI is InChI=1S/C8H7NO.C3H6N6/c1-2-4-8-7(3-1)5-6-9-10-8;4-1-7-2(5)9-3(6)8-1/h1-6,9H;(H6,4,5,6,7,8,9). The molecule has 19 heavy (non-hydrogen) atoms. The monoisotopic (exact) mass is 259 g/mol. The Morgan fingerprint density at radius 2 is 1.47 bits per heavy atom. The lowest BCUT2D eigenvalue weighted by Crippen LogP contribution is -2.13. The molecule has 3 rings (SSSR count). The zero-order chi connectivity index (χ0) is 13.7. The van der Waals surface area contributed by atoms with Gasteiger partial charge < -0.3 is 22.0 Å². The highest BCUT2D eigenvalue weighted by Gasteiger charge is 2.01.